The lowest BCUT2D eigenvalue weighted by molar-refractivity contribution is 0.0698. The predicted molar refractivity (Wildman–Crippen MR) is 103 cm³/mol. The Hall–Kier alpha value is -2.19. The zero-order valence-corrected chi connectivity index (χ0v) is 16.8. The number of amides is 1. The van der Waals surface area contributed by atoms with Gasteiger partial charge in [0.1, 0.15) is 0 Å². The molecular weight excluding hydrogens is 364 g/mol. The van der Waals surface area contributed by atoms with Crippen LogP contribution < -0.4 is 0 Å². The van der Waals surface area contributed by atoms with E-state index in [1.165, 1.54) is 10.5 Å². The van der Waals surface area contributed by atoms with Gasteiger partial charge < -0.3 is 4.90 Å². The number of sulfonamides is 1. The maximum absolute atomic E-state index is 12.9. The number of piperazine rings is 1. The van der Waals surface area contributed by atoms with Gasteiger partial charge in [-0.3, -0.25) is 9.48 Å². The molecule has 1 aliphatic rings. The maximum Gasteiger partial charge on any atom is 0.257 e. The van der Waals surface area contributed by atoms with Crippen molar-refractivity contribution in [3.05, 3.63) is 47.8 Å². The Morgan fingerprint density at radius 3 is 2.30 bits per heavy atom. The minimum atomic E-state index is -3.54. The van der Waals surface area contributed by atoms with E-state index >= 15 is 0 Å². The Balaban J connectivity index is 1.66. The first kappa shape index (κ1) is 19.6. The third kappa shape index (κ3) is 4.06. The number of nitrogens with zero attached hydrogens (tertiary/aromatic N) is 4. The van der Waals surface area contributed by atoms with Crippen molar-refractivity contribution in [2.75, 3.05) is 26.2 Å². The van der Waals surface area contributed by atoms with E-state index in [1.54, 1.807) is 35.0 Å². The van der Waals surface area contributed by atoms with E-state index < -0.39 is 10.0 Å². The summed E-state index contributed by atoms with van der Waals surface area (Å²) in [6.07, 6.45) is 4.22. The highest BCUT2D eigenvalue weighted by Crippen LogP contribution is 2.23. The summed E-state index contributed by atoms with van der Waals surface area (Å²) >= 11 is 0. The van der Waals surface area contributed by atoms with Gasteiger partial charge in [-0.15, -0.1) is 0 Å². The summed E-state index contributed by atoms with van der Waals surface area (Å²) in [6.45, 7) is 5.57. The lowest BCUT2D eigenvalue weighted by Gasteiger charge is -2.33. The molecule has 7 nitrogen and oxygen atoms in total. The number of carbonyl (C=O) groups excluding carboxylic acids is 1. The molecular formula is C19H26N4O3S. The number of rotatable bonds is 5. The largest absolute Gasteiger partial charge is 0.336 e. The molecule has 1 atom stereocenters. The van der Waals surface area contributed by atoms with Gasteiger partial charge in [-0.1, -0.05) is 26.0 Å². The summed E-state index contributed by atoms with van der Waals surface area (Å²) in [4.78, 5) is 14.5. The molecule has 0 spiro atoms. The van der Waals surface area contributed by atoms with Crippen LogP contribution in [0.4, 0.5) is 0 Å². The van der Waals surface area contributed by atoms with E-state index in [0.29, 0.717) is 42.6 Å². The van der Waals surface area contributed by atoms with Gasteiger partial charge in [0.2, 0.25) is 10.0 Å². The summed E-state index contributed by atoms with van der Waals surface area (Å²) in [5, 5.41) is 4.01. The van der Waals surface area contributed by atoms with Crippen LogP contribution in [0.2, 0.25) is 0 Å². The zero-order chi connectivity index (χ0) is 19.6. The molecule has 8 heteroatoms. The molecule has 1 fully saturated rings. The fourth-order valence-corrected chi connectivity index (χ4v) is 4.62. The molecule has 0 N–H and O–H groups in total. The first-order chi connectivity index (χ1) is 12.8. The summed E-state index contributed by atoms with van der Waals surface area (Å²) in [5.74, 6) is 0.293. The van der Waals surface area contributed by atoms with Crippen LogP contribution in [0, 0.1) is 0 Å². The fourth-order valence-electron chi connectivity index (χ4n) is 3.20. The Kier molecular flexibility index (Phi) is 5.67. The van der Waals surface area contributed by atoms with E-state index in [4.69, 9.17) is 0 Å². The molecule has 0 saturated carbocycles. The smallest absolute Gasteiger partial charge is 0.257 e. The summed E-state index contributed by atoms with van der Waals surface area (Å²) in [7, 11) is -1.78. The predicted octanol–water partition coefficient (Wildman–Crippen LogP) is 2.08. The first-order valence-electron chi connectivity index (χ1n) is 9.21. The summed E-state index contributed by atoms with van der Waals surface area (Å²) in [5.41, 5.74) is 1.66. The number of aromatic nitrogens is 2. The van der Waals surface area contributed by atoms with Crippen molar-refractivity contribution in [1.29, 1.82) is 0 Å². The van der Waals surface area contributed by atoms with Gasteiger partial charge in [-0.25, -0.2) is 8.42 Å². The van der Waals surface area contributed by atoms with Crippen LogP contribution in [-0.2, 0) is 17.1 Å². The number of hydrogen-bond donors (Lipinski definition) is 0. The van der Waals surface area contributed by atoms with Crippen LogP contribution in [-0.4, -0.2) is 59.5 Å². The maximum atomic E-state index is 12.9. The standard InChI is InChI=1S/C19H26N4O3S/c1-4-15(2)16-5-7-18(8-6-16)27(25,26)23-11-9-22(10-12-23)19(24)17-13-20-21(3)14-17/h5-8,13-15H,4,9-12H2,1-3H3/t15-/m0/s1. The number of hydrogen-bond acceptors (Lipinski definition) is 4. The SMILES string of the molecule is CC[C@H](C)c1ccc(S(=O)(=O)N2CCN(C(=O)c3cnn(C)c3)CC2)cc1. The molecule has 1 saturated heterocycles. The second-order valence-electron chi connectivity index (χ2n) is 6.98. The van der Waals surface area contributed by atoms with Crippen molar-refractivity contribution < 1.29 is 13.2 Å². The average Bonchev–Trinajstić information content (AvgIpc) is 3.13. The van der Waals surface area contributed by atoms with Gasteiger partial charge in [0, 0.05) is 39.4 Å². The lowest BCUT2D eigenvalue weighted by atomic mass is 9.99. The van der Waals surface area contributed by atoms with Crippen molar-refractivity contribution in [3.8, 4) is 0 Å². The highest BCUT2D eigenvalue weighted by Gasteiger charge is 2.30. The molecule has 27 heavy (non-hydrogen) atoms. The van der Waals surface area contributed by atoms with E-state index in [-0.39, 0.29) is 5.91 Å². The van der Waals surface area contributed by atoms with Crippen LogP contribution in [0.1, 0.15) is 42.1 Å². The minimum absolute atomic E-state index is 0.113. The molecule has 146 valence electrons. The monoisotopic (exact) mass is 390 g/mol. The van der Waals surface area contributed by atoms with Crippen molar-refractivity contribution in [3.63, 3.8) is 0 Å². The Morgan fingerprint density at radius 2 is 1.78 bits per heavy atom. The molecule has 2 aromatic rings. The normalized spacial score (nSPS) is 17.1. The van der Waals surface area contributed by atoms with Crippen molar-refractivity contribution in [1.82, 2.24) is 19.0 Å². The highest BCUT2D eigenvalue weighted by molar-refractivity contribution is 7.89. The number of aryl methyl sites for hydroxylation is 1. The van der Waals surface area contributed by atoms with Crippen LogP contribution in [0.3, 0.4) is 0 Å². The lowest BCUT2D eigenvalue weighted by Crippen LogP contribution is -2.50. The minimum Gasteiger partial charge on any atom is -0.336 e. The molecule has 3 rings (SSSR count). The van der Waals surface area contributed by atoms with E-state index in [1.807, 2.05) is 12.1 Å². The zero-order valence-electron chi connectivity index (χ0n) is 16.0. The Morgan fingerprint density at radius 1 is 1.15 bits per heavy atom. The van der Waals surface area contributed by atoms with Crippen LogP contribution in [0.15, 0.2) is 41.6 Å². The quantitative estimate of drug-likeness (QED) is 0.783. The molecule has 2 heterocycles. The molecule has 1 aromatic carbocycles. The highest BCUT2D eigenvalue weighted by atomic mass is 32.2. The first-order valence-corrected chi connectivity index (χ1v) is 10.6. The molecule has 1 aromatic heterocycles. The van der Waals surface area contributed by atoms with Crippen molar-refractivity contribution in [2.24, 2.45) is 7.05 Å². The van der Waals surface area contributed by atoms with Gasteiger partial charge in [0.25, 0.3) is 5.91 Å². The van der Waals surface area contributed by atoms with Gasteiger partial charge in [0.15, 0.2) is 0 Å². The Labute approximate surface area is 160 Å². The summed E-state index contributed by atoms with van der Waals surface area (Å²) < 4.78 is 28.8. The van der Waals surface area contributed by atoms with E-state index in [2.05, 4.69) is 18.9 Å². The van der Waals surface area contributed by atoms with Crippen LogP contribution >= 0.6 is 0 Å². The molecule has 1 aliphatic heterocycles. The van der Waals surface area contributed by atoms with Gasteiger partial charge in [0.05, 0.1) is 16.7 Å². The van der Waals surface area contributed by atoms with Crippen LogP contribution in [0.25, 0.3) is 0 Å². The van der Waals surface area contributed by atoms with Gasteiger partial charge in [-0.2, -0.15) is 9.40 Å². The number of benzene rings is 1. The van der Waals surface area contributed by atoms with Crippen molar-refractivity contribution >= 4 is 15.9 Å². The number of carbonyl (C=O) groups is 1. The molecule has 0 radical (unpaired) electrons. The topological polar surface area (TPSA) is 75.5 Å². The third-order valence-electron chi connectivity index (χ3n) is 5.18. The average molecular weight is 391 g/mol. The second-order valence-corrected chi connectivity index (χ2v) is 8.92. The molecule has 1 amide bonds. The third-order valence-corrected chi connectivity index (χ3v) is 7.09. The second kappa shape index (κ2) is 7.82. The van der Waals surface area contributed by atoms with Gasteiger partial charge in [-0.05, 0) is 30.0 Å². The fraction of sp³-hybridized carbons (Fsp3) is 0.474. The molecule has 0 bridgehead atoms. The van der Waals surface area contributed by atoms with E-state index in [0.717, 1.165) is 12.0 Å². The molecule has 0 unspecified atom stereocenters. The summed E-state index contributed by atoms with van der Waals surface area (Å²) in [6, 6.07) is 7.15. The molecule has 0 aliphatic carbocycles. The van der Waals surface area contributed by atoms with Crippen molar-refractivity contribution in [2.45, 2.75) is 31.1 Å². The van der Waals surface area contributed by atoms with Gasteiger partial charge >= 0.3 is 0 Å². The van der Waals surface area contributed by atoms with E-state index in [9.17, 15) is 13.2 Å². The van der Waals surface area contributed by atoms with Crippen LogP contribution in [0.5, 0.6) is 0 Å². The Bertz CT molecular complexity index is 897.